The number of carbonyl (C=O) groups is 1. The maximum absolute atomic E-state index is 12.9. The predicted molar refractivity (Wildman–Crippen MR) is 87.5 cm³/mol. The number of thioether (sulfide) groups is 1. The molecule has 0 aliphatic heterocycles. The van der Waals surface area contributed by atoms with Crippen molar-refractivity contribution in [2.75, 3.05) is 11.1 Å². The Kier molecular flexibility index (Phi) is 5.03. The number of aryl methyl sites for hydroxylation is 1. The Morgan fingerprint density at radius 2 is 2.00 bits per heavy atom. The third-order valence-electron chi connectivity index (χ3n) is 3.33. The monoisotopic (exact) mass is 383 g/mol. The average Bonchev–Trinajstić information content (AvgIpc) is 3.21. The second-order valence-corrected chi connectivity index (χ2v) is 6.07. The van der Waals surface area contributed by atoms with Crippen molar-refractivity contribution < 1.29 is 26.8 Å². The molecule has 0 atom stereocenters. The third kappa shape index (κ3) is 4.07. The van der Waals surface area contributed by atoms with Crippen LogP contribution in [-0.2, 0) is 11.0 Å². The third-order valence-corrected chi connectivity index (χ3v) is 4.15. The first kappa shape index (κ1) is 18.1. The summed E-state index contributed by atoms with van der Waals surface area (Å²) in [5, 5.41) is 10.0. The van der Waals surface area contributed by atoms with Crippen LogP contribution in [-0.4, -0.2) is 21.9 Å². The first-order valence-electron chi connectivity index (χ1n) is 7.31. The number of hydrogen-bond acceptors (Lipinski definition) is 6. The molecule has 3 rings (SSSR count). The van der Waals surface area contributed by atoms with E-state index in [2.05, 4.69) is 15.5 Å². The lowest BCUT2D eigenvalue weighted by atomic mass is 10.1. The van der Waals surface area contributed by atoms with Crippen molar-refractivity contribution in [3.8, 4) is 11.5 Å². The molecule has 2 heterocycles. The zero-order chi connectivity index (χ0) is 18.7. The topological polar surface area (TPSA) is 81.2 Å². The van der Waals surface area contributed by atoms with Crippen molar-refractivity contribution >= 4 is 23.4 Å². The summed E-state index contributed by atoms with van der Waals surface area (Å²) in [6.07, 6.45) is -3.08. The molecule has 0 bridgehead atoms. The van der Waals surface area contributed by atoms with Crippen LogP contribution in [0.4, 0.5) is 18.9 Å². The van der Waals surface area contributed by atoms with Crippen LogP contribution in [0.25, 0.3) is 11.5 Å². The fraction of sp³-hybridized carbons (Fsp3) is 0.188. The number of rotatable bonds is 5. The van der Waals surface area contributed by atoms with Gasteiger partial charge < -0.3 is 14.2 Å². The van der Waals surface area contributed by atoms with Crippen LogP contribution in [0, 0.1) is 6.92 Å². The Labute approximate surface area is 149 Å². The molecular weight excluding hydrogens is 371 g/mol. The summed E-state index contributed by atoms with van der Waals surface area (Å²) in [7, 11) is 0. The molecule has 10 heteroatoms. The standard InChI is InChI=1S/C16H12F3N3O3S/c1-9-10(6-7-24-9)14-21-22-15(25-14)26-8-13(23)20-12-5-3-2-4-11(12)16(17,18)19/h2-7H,8H2,1H3,(H,20,23). The summed E-state index contributed by atoms with van der Waals surface area (Å²) in [5.74, 6) is 0.0392. The summed E-state index contributed by atoms with van der Waals surface area (Å²) in [6.45, 7) is 1.73. The van der Waals surface area contributed by atoms with E-state index in [0.717, 1.165) is 17.8 Å². The van der Waals surface area contributed by atoms with Crippen LogP contribution in [0.3, 0.4) is 0 Å². The molecule has 0 saturated carbocycles. The molecule has 1 N–H and O–H groups in total. The van der Waals surface area contributed by atoms with E-state index in [4.69, 9.17) is 8.83 Å². The Hall–Kier alpha value is -2.75. The molecule has 26 heavy (non-hydrogen) atoms. The summed E-state index contributed by atoms with van der Waals surface area (Å²) in [4.78, 5) is 12.0. The van der Waals surface area contributed by atoms with Crippen molar-refractivity contribution in [2.45, 2.75) is 18.3 Å². The number of alkyl halides is 3. The first-order valence-corrected chi connectivity index (χ1v) is 8.30. The van der Waals surface area contributed by atoms with Gasteiger partial charge in [0.05, 0.1) is 28.8 Å². The smallest absolute Gasteiger partial charge is 0.418 e. The maximum atomic E-state index is 12.9. The number of carbonyl (C=O) groups excluding carboxylic acids is 1. The van der Waals surface area contributed by atoms with Gasteiger partial charge in [-0.15, -0.1) is 10.2 Å². The number of nitrogens with one attached hydrogen (secondary N) is 1. The van der Waals surface area contributed by atoms with Gasteiger partial charge in [0.2, 0.25) is 5.91 Å². The van der Waals surface area contributed by atoms with Crippen LogP contribution in [0.5, 0.6) is 0 Å². The molecule has 1 amide bonds. The fourth-order valence-corrected chi connectivity index (χ4v) is 2.70. The highest BCUT2D eigenvalue weighted by Gasteiger charge is 2.33. The summed E-state index contributed by atoms with van der Waals surface area (Å²) < 4.78 is 49.3. The minimum absolute atomic E-state index is 0.125. The lowest BCUT2D eigenvalue weighted by Gasteiger charge is -2.13. The maximum Gasteiger partial charge on any atom is 0.418 e. The molecule has 0 spiro atoms. The van der Waals surface area contributed by atoms with Crippen LogP contribution in [0.15, 0.2) is 50.7 Å². The lowest BCUT2D eigenvalue weighted by molar-refractivity contribution is -0.137. The molecule has 1 aromatic carbocycles. The zero-order valence-corrected chi connectivity index (χ0v) is 14.1. The molecule has 3 aromatic rings. The fourth-order valence-electron chi connectivity index (χ4n) is 2.14. The van der Waals surface area contributed by atoms with E-state index in [0.29, 0.717) is 11.3 Å². The van der Waals surface area contributed by atoms with Crippen molar-refractivity contribution in [2.24, 2.45) is 0 Å². The first-order chi connectivity index (χ1) is 12.3. The normalized spacial score (nSPS) is 11.5. The number of aromatic nitrogens is 2. The van der Waals surface area contributed by atoms with E-state index >= 15 is 0 Å². The Bertz CT molecular complexity index is 921. The molecule has 136 valence electrons. The Morgan fingerprint density at radius 1 is 1.23 bits per heavy atom. The minimum Gasteiger partial charge on any atom is -0.469 e. The van der Waals surface area contributed by atoms with Crippen LogP contribution >= 0.6 is 11.8 Å². The number of benzene rings is 1. The molecule has 0 aliphatic rings. The summed E-state index contributed by atoms with van der Waals surface area (Å²) in [5.41, 5.74) is -0.576. The Balaban J connectivity index is 1.62. The molecule has 6 nitrogen and oxygen atoms in total. The van der Waals surface area contributed by atoms with Gasteiger partial charge in [-0.1, -0.05) is 23.9 Å². The zero-order valence-electron chi connectivity index (χ0n) is 13.3. The minimum atomic E-state index is -4.55. The van der Waals surface area contributed by atoms with Gasteiger partial charge in [0.15, 0.2) is 0 Å². The highest BCUT2D eigenvalue weighted by atomic mass is 32.2. The second-order valence-electron chi connectivity index (χ2n) is 5.14. The van der Waals surface area contributed by atoms with E-state index < -0.39 is 17.6 Å². The predicted octanol–water partition coefficient (Wildman–Crippen LogP) is 4.39. The lowest BCUT2D eigenvalue weighted by Crippen LogP contribution is -2.18. The van der Waals surface area contributed by atoms with Gasteiger partial charge >= 0.3 is 6.18 Å². The van der Waals surface area contributed by atoms with Gasteiger partial charge in [0.25, 0.3) is 11.1 Å². The van der Waals surface area contributed by atoms with Crippen molar-refractivity contribution in [3.05, 3.63) is 47.9 Å². The van der Waals surface area contributed by atoms with Gasteiger partial charge in [-0.2, -0.15) is 13.2 Å². The van der Waals surface area contributed by atoms with Crippen molar-refractivity contribution in [1.29, 1.82) is 0 Å². The van der Waals surface area contributed by atoms with Gasteiger partial charge in [-0.25, -0.2) is 0 Å². The van der Waals surface area contributed by atoms with Gasteiger partial charge in [0.1, 0.15) is 5.76 Å². The molecule has 2 aromatic heterocycles. The van der Waals surface area contributed by atoms with E-state index in [9.17, 15) is 18.0 Å². The van der Waals surface area contributed by atoms with Gasteiger partial charge in [-0.3, -0.25) is 4.79 Å². The molecule has 0 unspecified atom stereocenters. The van der Waals surface area contributed by atoms with Crippen LogP contribution in [0.1, 0.15) is 11.3 Å². The van der Waals surface area contributed by atoms with Gasteiger partial charge in [-0.05, 0) is 25.1 Å². The van der Waals surface area contributed by atoms with E-state index in [1.54, 1.807) is 13.0 Å². The largest absolute Gasteiger partial charge is 0.469 e. The average molecular weight is 383 g/mol. The molecule has 0 aliphatic carbocycles. The SMILES string of the molecule is Cc1occc1-c1nnc(SCC(=O)Nc2ccccc2C(F)(F)F)o1. The number of amides is 1. The molecular formula is C16H12F3N3O3S. The van der Waals surface area contributed by atoms with Crippen molar-refractivity contribution in [3.63, 3.8) is 0 Å². The summed E-state index contributed by atoms with van der Waals surface area (Å²) in [6, 6.07) is 6.43. The summed E-state index contributed by atoms with van der Waals surface area (Å²) >= 11 is 0.921. The molecule has 0 saturated heterocycles. The van der Waals surface area contributed by atoms with E-state index in [1.807, 2.05) is 0 Å². The number of furan rings is 1. The number of nitrogens with zero attached hydrogens (tertiary/aromatic N) is 2. The highest BCUT2D eigenvalue weighted by Crippen LogP contribution is 2.34. The second kappa shape index (κ2) is 7.24. The quantitative estimate of drug-likeness (QED) is 0.658. The van der Waals surface area contributed by atoms with E-state index in [-0.39, 0.29) is 22.6 Å². The number of para-hydroxylation sites is 1. The number of halogens is 3. The van der Waals surface area contributed by atoms with Gasteiger partial charge in [0, 0.05) is 0 Å². The van der Waals surface area contributed by atoms with Crippen LogP contribution < -0.4 is 5.32 Å². The highest BCUT2D eigenvalue weighted by molar-refractivity contribution is 7.99. The Morgan fingerprint density at radius 3 is 2.69 bits per heavy atom. The van der Waals surface area contributed by atoms with E-state index in [1.165, 1.54) is 24.5 Å². The molecule has 0 radical (unpaired) electrons. The number of anilines is 1. The van der Waals surface area contributed by atoms with Crippen LogP contribution in [0.2, 0.25) is 0 Å². The van der Waals surface area contributed by atoms with Crippen molar-refractivity contribution in [1.82, 2.24) is 10.2 Å². The molecule has 0 fully saturated rings. The number of hydrogen-bond donors (Lipinski definition) is 1.